The van der Waals surface area contributed by atoms with Gasteiger partial charge in [0.05, 0.1) is 17.5 Å². The normalized spacial score (nSPS) is 11.2. The van der Waals surface area contributed by atoms with Gasteiger partial charge in [0.1, 0.15) is 0 Å². The van der Waals surface area contributed by atoms with Gasteiger partial charge in [-0.05, 0) is 74.5 Å². The molecule has 0 aliphatic rings. The van der Waals surface area contributed by atoms with E-state index < -0.39 is 13.5 Å². The maximum Gasteiger partial charge on any atom is 0.379 e. The molecule has 0 spiro atoms. The molecule has 0 radical (unpaired) electrons. The van der Waals surface area contributed by atoms with Crippen LogP contribution in [0.2, 0.25) is 10.0 Å². The fourth-order valence-corrected chi connectivity index (χ4v) is 7.53. The van der Waals surface area contributed by atoms with Crippen molar-refractivity contribution < 1.29 is 18.4 Å². The maximum absolute atomic E-state index is 14.0. The average Bonchev–Trinajstić information content (AvgIpc) is 2.85. The summed E-state index contributed by atoms with van der Waals surface area (Å²) >= 11 is 14.8. The van der Waals surface area contributed by atoms with Gasteiger partial charge in [-0.25, -0.2) is 0 Å². The number of hydrogen-bond donors (Lipinski definition) is 1. The second-order valence-corrected chi connectivity index (χ2v) is 12.2. The molecule has 0 aromatic heterocycles. The molecule has 0 heterocycles. The molecule has 1 amide bonds. The Labute approximate surface area is 224 Å². The molecule has 0 unspecified atom stereocenters. The third kappa shape index (κ3) is 8.16. The molecular weight excluding hydrogens is 544 g/mol. The van der Waals surface area contributed by atoms with Crippen molar-refractivity contribution in [1.29, 1.82) is 0 Å². The van der Waals surface area contributed by atoms with E-state index in [1.807, 2.05) is 30.3 Å². The number of hydrogen-bond acceptors (Lipinski definition) is 6. The molecule has 10 heteroatoms. The molecule has 0 saturated carbocycles. The second kappa shape index (κ2) is 13.6. The van der Waals surface area contributed by atoms with Gasteiger partial charge in [-0.15, -0.1) is 0 Å². The summed E-state index contributed by atoms with van der Waals surface area (Å²) in [6.45, 7) is 3.71. The van der Waals surface area contributed by atoms with Crippen LogP contribution in [-0.2, 0) is 13.6 Å². The zero-order chi connectivity index (χ0) is 25.3. The van der Waals surface area contributed by atoms with Crippen LogP contribution in [0, 0.1) is 0 Å². The molecule has 3 aromatic carbocycles. The van der Waals surface area contributed by atoms with Crippen LogP contribution >= 0.6 is 54.3 Å². The minimum atomic E-state index is -3.90. The van der Waals surface area contributed by atoms with Crippen LogP contribution in [0.1, 0.15) is 24.2 Å². The van der Waals surface area contributed by atoms with Crippen LogP contribution in [0.5, 0.6) is 0 Å². The Morgan fingerprint density at radius 2 is 1.26 bits per heavy atom. The molecule has 1 N–H and O–H groups in total. The van der Waals surface area contributed by atoms with E-state index in [0.29, 0.717) is 19.8 Å². The SMILES string of the molecule is CCOP(=O)(OCC)C(NC(=O)c1ccccc1)=C(Sc1ccc(Cl)cc1)Sc1ccc(Cl)cc1. The highest BCUT2D eigenvalue weighted by molar-refractivity contribution is 8.22. The summed E-state index contributed by atoms with van der Waals surface area (Å²) in [5, 5.41) is 4.03. The number of rotatable bonds is 11. The highest BCUT2D eigenvalue weighted by Crippen LogP contribution is 2.60. The summed E-state index contributed by atoms with van der Waals surface area (Å²) in [5.41, 5.74) is 0.492. The zero-order valence-corrected chi connectivity index (χ0v) is 23.1. The van der Waals surface area contributed by atoms with Gasteiger partial charge in [0, 0.05) is 25.4 Å². The Morgan fingerprint density at radius 3 is 1.69 bits per heavy atom. The predicted molar refractivity (Wildman–Crippen MR) is 146 cm³/mol. The molecule has 0 saturated heterocycles. The monoisotopic (exact) mass is 567 g/mol. The predicted octanol–water partition coefficient (Wildman–Crippen LogP) is 8.70. The van der Waals surface area contributed by atoms with Gasteiger partial charge in [-0.2, -0.15) is 0 Å². The quantitative estimate of drug-likeness (QED) is 0.184. The average molecular weight is 568 g/mol. The van der Waals surface area contributed by atoms with Crippen molar-refractivity contribution in [2.75, 3.05) is 13.2 Å². The lowest BCUT2D eigenvalue weighted by atomic mass is 10.2. The van der Waals surface area contributed by atoms with E-state index in [9.17, 15) is 9.36 Å². The van der Waals surface area contributed by atoms with Crippen molar-refractivity contribution >= 4 is 60.2 Å². The minimum absolute atomic E-state index is 0.0787. The Bertz CT molecular complexity index is 1150. The second-order valence-electron chi connectivity index (χ2n) is 6.90. The van der Waals surface area contributed by atoms with E-state index in [1.165, 1.54) is 23.5 Å². The third-order valence-electron chi connectivity index (χ3n) is 4.38. The van der Waals surface area contributed by atoms with E-state index in [1.54, 1.807) is 62.4 Å². The zero-order valence-electron chi connectivity index (χ0n) is 19.1. The van der Waals surface area contributed by atoms with Crippen LogP contribution in [0.4, 0.5) is 0 Å². The number of carbonyl (C=O) groups is 1. The van der Waals surface area contributed by atoms with Gasteiger partial charge in [0.25, 0.3) is 5.91 Å². The van der Waals surface area contributed by atoms with Gasteiger partial charge in [-0.1, -0.05) is 64.9 Å². The summed E-state index contributed by atoms with van der Waals surface area (Å²) in [5.74, 6) is -0.425. The van der Waals surface area contributed by atoms with Crippen molar-refractivity contribution in [3.8, 4) is 0 Å². The first kappa shape index (κ1) is 27.9. The standard InChI is InChI=1S/C25H24Cl2NO4PS2/c1-3-31-33(30,32-4-2)24(28-23(29)18-8-6-5-7-9-18)25(34-21-14-10-19(26)11-15-21)35-22-16-12-20(27)13-17-22/h5-17H,3-4H2,1-2H3,(H,28,29). The molecule has 184 valence electrons. The molecule has 5 nitrogen and oxygen atoms in total. The molecule has 0 atom stereocenters. The summed E-state index contributed by atoms with van der Waals surface area (Å²) in [4.78, 5) is 14.8. The Hall–Kier alpha value is -1.70. The fourth-order valence-electron chi connectivity index (χ4n) is 2.84. The van der Waals surface area contributed by atoms with Crippen molar-refractivity contribution in [3.05, 3.63) is 104 Å². The highest BCUT2D eigenvalue weighted by atomic mass is 35.5. The van der Waals surface area contributed by atoms with Crippen molar-refractivity contribution in [2.45, 2.75) is 23.6 Å². The van der Waals surface area contributed by atoms with Crippen molar-refractivity contribution in [2.24, 2.45) is 0 Å². The van der Waals surface area contributed by atoms with Gasteiger partial charge in [-0.3, -0.25) is 9.36 Å². The fraction of sp³-hybridized carbons (Fsp3) is 0.160. The number of carbonyl (C=O) groups excluding carboxylic acids is 1. The first-order chi connectivity index (χ1) is 16.8. The molecule has 0 bridgehead atoms. The van der Waals surface area contributed by atoms with E-state index in [4.69, 9.17) is 32.2 Å². The smallest absolute Gasteiger partial charge is 0.314 e. The topological polar surface area (TPSA) is 64.6 Å². The number of benzene rings is 3. The molecule has 35 heavy (non-hydrogen) atoms. The minimum Gasteiger partial charge on any atom is -0.314 e. The van der Waals surface area contributed by atoms with Crippen LogP contribution in [-0.4, -0.2) is 19.1 Å². The van der Waals surface area contributed by atoms with Gasteiger partial charge in [0.2, 0.25) is 0 Å². The summed E-state index contributed by atoms with van der Waals surface area (Å²) in [6.07, 6.45) is 0. The molecule has 3 aromatic rings. The lowest BCUT2D eigenvalue weighted by Gasteiger charge is -2.23. The number of halogens is 2. The third-order valence-corrected chi connectivity index (χ3v) is 9.56. The summed E-state index contributed by atoms with van der Waals surface area (Å²) in [7, 11) is -3.90. The Morgan fingerprint density at radius 1 is 0.800 bits per heavy atom. The van der Waals surface area contributed by atoms with E-state index in [2.05, 4.69) is 5.32 Å². The molecule has 0 fully saturated rings. The molecule has 0 aliphatic heterocycles. The largest absolute Gasteiger partial charge is 0.379 e. The molecule has 0 aliphatic carbocycles. The van der Waals surface area contributed by atoms with Gasteiger partial charge in [0.15, 0.2) is 5.44 Å². The van der Waals surface area contributed by atoms with Crippen LogP contribution in [0.15, 0.2) is 98.3 Å². The number of amides is 1. The highest BCUT2D eigenvalue weighted by Gasteiger charge is 2.35. The Balaban J connectivity index is 2.15. The van der Waals surface area contributed by atoms with Gasteiger partial charge >= 0.3 is 7.60 Å². The molecule has 3 rings (SSSR count). The van der Waals surface area contributed by atoms with Crippen molar-refractivity contribution in [3.63, 3.8) is 0 Å². The van der Waals surface area contributed by atoms with Crippen LogP contribution < -0.4 is 5.32 Å². The lowest BCUT2D eigenvalue weighted by Crippen LogP contribution is -2.25. The van der Waals surface area contributed by atoms with Crippen LogP contribution in [0.25, 0.3) is 0 Å². The summed E-state index contributed by atoms with van der Waals surface area (Å²) in [6, 6.07) is 23.1. The first-order valence-corrected chi connectivity index (χ1v) is 14.6. The molecular formula is C25H24Cl2NO4PS2. The van der Waals surface area contributed by atoms with E-state index in [0.717, 1.165) is 9.79 Å². The first-order valence-electron chi connectivity index (χ1n) is 10.7. The van der Waals surface area contributed by atoms with E-state index in [-0.39, 0.29) is 18.7 Å². The van der Waals surface area contributed by atoms with Crippen molar-refractivity contribution in [1.82, 2.24) is 5.32 Å². The maximum atomic E-state index is 14.0. The summed E-state index contributed by atoms with van der Waals surface area (Å²) < 4.78 is 25.9. The number of nitrogens with one attached hydrogen (secondary N) is 1. The van der Waals surface area contributed by atoms with Crippen LogP contribution in [0.3, 0.4) is 0 Å². The lowest BCUT2D eigenvalue weighted by molar-refractivity contribution is 0.0964. The Kier molecular flexibility index (Phi) is 10.8. The van der Waals surface area contributed by atoms with E-state index >= 15 is 0 Å². The van der Waals surface area contributed by atoms with Gasteiger partial charge < -0.3 is 14.4 Å². The number of thioether (sulfide) groups is 2.